The first kappa shape index (κ1) is 22.9. The third kappa shape index (κ3) is 2.99. The molecule has 4 aliphatic rings. The van der Waals surface area contributed by atoms with Crippen LogP contribution in [0.4, 0.5) is 8.78 Å². The summed E-state index contributed by atoms with van der Waals surface area (Å²) in [4.78, 5) is 24.8. The number of rotatable bonds is 7. The summed E-state index contributed by atoms with van der Waals surface area (Å²) in [6, 6.07) is 0. The molecule has 1 spiro atoms. The van der Waals surface area contributed by atoms with Crippen molar-refractivity contribution in [1.82, 2.24) is 0 Å². The van der Waals surface area contributed by atoms with Crippen molar-refractivity contribution >= 4 is 22.1 Å². The Morgan fingerprint density at radius 3 is 2.19 bits per heavy atom. The summed E-state index contributed by atoms with van der Waals surface area (Å²) in [5.41, 5.74) is -2.97. The minimum absolute atomic E-state index is 0.173. The maximum atomic E-state index is 13.6. The van der Waals surface area contributed by atoms with Crippen LogP contribution in [0.5, 0.6) is 0 Å². The molecule has 4 saturated carbocycles. The number of carbonyl (C=O) groups is 2. The Kier molecular flexibility index (Phi) is 4.57. The number of hydrogen-bond acceptors (Lipinski definition) is 6. The van der Waals surface area contributed by atoms with Gasteiger partial charge in [-0.2, -0.15) is 17.2 Å². The topological polar surface area (TPSA) is 107 Å². The summed E-state index contributed by atoms with van der Waals surface area (Å²) in [5.74, 6) is -0.690. The van der Waals surface area contributed by atoms with Crippen LogP contribution in [-0.2, 0) is 29.2 Å². The van der Waals surface area contributed by atoms with E-state index in [0.717, 1.165) is 24.7 Å². The zero-order valence-corrected chi connectivity index (χ0v) is 19.2. The van der Waals surface area contributed by atoms with Crippen molar-refractivity contribution < 1.29 is 40.8 Å². The third-order valence-electron chi connectivity index (χ3n) is 8.45. The number of fused-ring (bicyclic) bond motifs is 1. The van der Waals surface area contributed by atoms with E-state index >= 15 is 0 Å². The molecular weight excluding hydrogens is 434 g/mol. The second-order valence-electron chi connectivity index (χ2n) is 11.5. The Morgan fingerprint density at radius 1 is 1.06 bits per heavy atom. The minimum Gasteiger partial charge on any atom is -0.458 e. The monoisotopic (exact) mass is 464 g/mol. The SMILES string of the molecule is CC(C)(CC(C)(C)C(=O)OC1(C)C2CC3CC4CC1C42C3)OC(=O)C(F)(F)S(=O)(=O)O. The molecule has 176 valence electrons. The summed E-state index contributed by atoms with van der Waals surface area (Å²) < 4.78 is 68.0. The molecule has 31 heavy (non-hydrogen) atoms. The first-order valence-electron chi connectivity index (χ1n) is 10.7. The van der Waals surface area contributed by atoms with E-state index in [2.05, 4.69) is 4.74 Å². The van der Waals surface area contributed by atoms with Crippen LogP contribution in [0.2, 0.25) is 0 Å². The number of carbonyl (C=O) groups excluding carboxylic acids is 2. The number of ether oxygens (including phenoxy) is 2. The summed E-state index contributed by atoms with van der Waals surface area (Å²) >= 11 is 0. The van der Waals surface area contributed by atoms with Gasteiger partial charge in [-0.15, -0.1) is 0 Å². The molecule has 0 aromatic heterocycles. The Bertz CT molecular complexity index is 943. The lowest BCUT2D eigenvalue weighted by Crippen LogP contribution is -2.76. The molecule has 0 amide bonds. The lowest BCUT2D eigenvalue weighted by Gasteiger charge is -2.74. The van der Waals surface area contributed by atoms with E-state index in [1.54, 1.807) is 13.8 Å². The van der Waals surface area contributed by atoms with Crippen molar-refractivity contribution in [3.63, 3.8) is 0 Å². The zero-order valence-electron chi connectivity index (χ0n) is 18.4. The molecule has 4 rings (SSSR count). The third-order valence-corrected chi connectivity index (χ3v) is 9.27. The molecule has 1 N–H and O–H groups in total. The zero-order chi connectivity index (χ0) is 23.4. The van der Waals surface area contributed by atoms with Crippen LogP contribution in [0.15, 0.2) is 0 Å². The van der Waals surface area contributed by atoms with Crippen molar-refractivity contribution in [3.05, 3.63) is 0 Å². The fourth-order valence-corrected chi connectivity index (χ4v) is 7.86. The predicted molar refractivity (Wildman–Crippen MR) is 104 cm³/mol. The molecule has 6 atom stereocenters. The fraction of sp³-hybridized carbons (Fsp3) is 0.905. The van der Waals surface area contributed by atoms with E-state index in [-0.39, 0.29) is 6.42 Å². The van der Waals surface area contributed by atoms with Gasteiger partial charge in [-0.25, -0.2) is 4.79 Å². The highest BCUT2D eigenvalue weighted by molar-refractivity contribution is 7.87. The Hall–Kier alpha value is -1.29. The van der Waals surface area contributed by atoms with Crippen LogP contribution in [0.25, 0.3) is 0 Å². The fourth-order valence-electron chi connectivity index (χ4n) is 7.61. The second-order valence-corrected chi connectivity index (χ2v) is 12.9. The molecule has 4 aliphatic carbocycles. The van der Waals surface area contributed by atoms with Crippen LogP contribution >= 0.6 is 0 Å². The Labute approximate surface area is 181 Å². The molecule has 7 nitrogen and oxygen atoms in total. The van der Waals surface area contributed by atoms with Gasteiger partial charge in [-0.05, 0) is 77.6 Å². The van der Waals surface area contributed by atoms with Gasteiger partial charge in [0.05, 0.1) is 5.41 Å². The average molecular weight is 465 g/mol. The summed E-state index contributed by atoms with van der Waals surface area (Å²) in [6.45, 7) is 7.75. The van der Waals surface area contributed by atoms with E-state index in [1.807, 2.05) is 6.92 Å². The van der Waals surface area contributed by atoms with Crippen LogP contribution in [-0.4, -0.2) is 41.4 Å². The first-order valence-corrected chi connectivity index (χ1v) is 12.1. The lowest BCUT2D eigenvalue weighted by atomic mass is 9.32. The van der Waals surface area contributed by atoms with Gasteiger partial charge < -0.3 is 9.47 Å². The van der Waals surface area contributed by atoms with Gasteiger partial charge in [0.1, 0.15) is 11.2 Å². The van der Waals surface area contributed by atoms with E-state index < -0.39 is 43.9 Å². The molecule has 10 heteroatoms. The molecule has 4 fully saturated rings. The smallest absolute Gasteiger partial charge is 0.458 e. The van der Waals surface area contributed by atoms with E-state index in [1.165, 1.54) is 26.7 Å². The van der Waals surface area contributed by atoms with Crippen LogP contribution in [0, 0.1) is 34.5 Å². The quantitative estimate of drug-likeness (QED) is 0.453. The number of alkyl halides is 2. The van der Waals surface area contributed by atoms with Crippen molar-refractivity contribution in [1.29, 1.82) is 0 Å². The van der Waals surface area contributed by atoms with Crippen molar-refractivity contribution in [2.75, 3.05) is 0 Å². The second kappa shape index (κ2) is 6.18. The average Bonchev–Trinajstić information content (AvgIpc) is 3.08. The molecule has 0 aromatic carbocycles. The summed E-state index contributed by atoms with van der Waals surface area (Å²) in [7, 11) is -5.97. The lowest BCUT2D eigenvalue weighted by molar-refractivity contribution is -0.322. The number of hydrogen-bond donors (Lipinski definition) is 1. The van der Waals surface area contributed by atoms with E-state index in [0.29, 0.717) is 17.3 Å². The van der Waals surface area contributed by atoms with Gasteiger partial charge in [0, 0.05) is 18.3 Å². The van der Waals surface area contributed by atoms with Crippen LogP contribution in [0.3, 0.4) is 0 Å². The summed E-state index contributed by atoms with van der Waals surface area (Å²) in [5, 5.41) is -5.09. The van der Waals surface area contributed by atoms with Gasteiger partial charge in [0.15, 0.2) is 0 Å². The first-order chi connectivity index (χ1) is 13.9. The van der Waals surface area contributed by atoms with Gasteiger partial charge in [-0.1, -0.05) is 0 Å². The van der Waals surface area contributed by atoms with Crippen LogP contribution < -0.4 is 0 Å². The normalized spacial score (nSPS) is 38.7. The Morgan fingerprint density at radius 2 is 1.65 bits per heavy atom. The molecule has 0 heterocycles. The highest BCUT2D eigenvalue weighted by Gasteiger charge is 2.83. The number of esters is 2. The van der Waals surface area contributed by atoms with Gasteiger partial charge in [-0.3, -0.25) is 9.35 Å². The molecule has 0 radical (unpaired) electrons. The largest absolute Gasteiger partial charge is 0.465 e. The standard InChI is InChI=1S/C21H30F2O7S/c1-17(2,10-18(3,4)29-16(25)21(22,23)31(26,27)28)15(24)30-19(5)13-7-11-6-12-8-14(19)20(12,13)9-11/h11-14H,6-10H2,1-5H3,(H,26,27,28). The van der Waals surface area contributed by atoms with E-state index in [9.17, 15) is 26.8 Å². The highest BCUT2D eigenvalue weighted by atomic mass is 32.2. The molecule has 2 bridgehead atoms. The number of halogens is 2. The minimum atomic E-state index is -5.97. The van der Waals surface area contributed by atoms with Gasteiger partial charge in [0.25, 0.3) is 0 Å². The van der Waals surface area contributed by atoms with Crippen molar-refractivity contribution in [3.8, 4) is 0 Å². The molecule has 6 unspecified atom stereocenters. The van der Waals surface area contributed by atoms with Crippen LogP contribution in [0.1, 0.15) is 66.7 Å². The van der Waals surface area contributed by atoms with E-state index in [4.69, 9.17) is 9.29 Å². The van der Waals surface area contributed by atoms with Crippen molar-refractivity contribution in [2.45, 2.75) is 83.2 Å². The highest BCUT2D eigenvalue weighted by Crippen LogP contribution is 2.85. The van der Waals surface area contributed by atoms with Gasteiger partial charge in [0.2, 0.25) is 0 Å². The summed E-state index contributed by atoms with van der Waals surface area (Å²) in [6.07, 6.45) is 4.49. The maximum Gasteiger partial charge on any atom is 0.465 e. The molecule has 0 aromatic rings. The van der Waals surface area contributed by atoms with Crippen molar-refractivity contribution in [2.24, 2.45) is 34.5 Å². The predicted octanol–water partition coefficient (Wildman–Crippen LogP) is 3.57. The van der Waals surface area contributed by atoms with Gasteiger partial charge >= 0.3 is 27.3 Å². The molecule has 0 saturated heterocycles. The molecule has 0 aliphatic heterocycles. The molecular formula is C21H30F2O7S. The maximum absolute atomic E-state index is 13.6. The Balaban J connectivity index is 1.41.